The minimum Gasteiger partial charge on any atom is -0.369 e. The van der Waals surface area contributed by atoms with E-state index in [0.717, 1.165) is 12.1 Å². The highest BCUT2D eigenvalue weighted by Gasteiger charge is 2.33. The summed E-state index contributed by atoms with van der Waals surface area (Å²) < 4.78 is 38.0. The first-order chi connectivity index (χ1) is 8.71. The summed E-state index contributed by atoms with van der Waals surface area (Å²) in [6, 6.07) is 4.62. The Bertz CT molecular complexity index is 486. The Kier molecular flexibility index (Phi) is 4.52. The van der Waals surface area contributed by atoms with Crippen molar-refractivity contribution in [3.05, 3.63) is 29.8 Å². The van der Waals surface area contributed by atoms with Gasteiger partial charge in [0.15, 0.2) is 0 Å². The molecule has 4 nitrogen and oxygen atoms in total. The Labute approximate surface area is 107 Å². The van der Waals surface area contributed by atoms with Gasteiger partial charge in [-0.25, -0.2) is 0 Å². The molecule has 0 aliphatic rings. The van der Waals surface area contributed by atoms with Crippen molar-refractivity contribution in [3.8, 4) is 0 Å². The normalized spacial score (nSPS) is 12.8. The van der Waals surface area contributed by atoms with Crippen LogP contribution in [0.1, 0.15) is 18.9 Å². The van der Waals surface area contributed by atoms with Gasteiger partial charge in [-0.15, -0.1) is 0 Å². The molecule has 0 aromatic heterocycles. The molecule has 7 heteroatoms. The van der Waals surface area contributed by atoms with Crippen molar-refractivity contribution >= 4 is 17.5 Å². The van der Waals surface area contributed by atoms with E-state index in [1.54, 1.807) is 0 Å². The second-order valence-corrected chi connectivity index (χ2v) is 4.10. The first kappa shape index (κ1) is 15.0. The zero-order valence-electron chi connectivity index (χ0n) is 10.1. The SMILES string of the molecule is CC(CC(=O)Nc1ccccc1C(F)(F)F)C(N)=O. The number of para-hydroxylation sites is 1. The van der Waals surface area contributed by atoms with E-state index in [-0.39, 0.29) is 12.1 Å². The summed E-state index contributed by atoms with van der Waals surface area (Å²) in [5.41, 5.74) is 3.71. The van der Waals surface area contributed by atoms with Crippen LogP contribution in [0.25, 0.3) is 0 Å². The molecule has 104 valence electrons. The van der Waals surface area contributed by atoms with Gasteiger partial charge in [0.25, 0.3) is 0 Å². The van der Waals surface area contributed by atoms with E-state index in [4.69, 9.17) is 5.73 Å². The molecule has 1 aromatic rings. The van der Waals surface area contributed by atoms with Crippen molar-refractivity contribution in [1.29, 1.82) is 0 Å². The quantitative estimate of drug-likeness (QED) is 0.883. The molecular formula is C12H13F3N2O2. The molecule has 1 rings (SSSR count). The molecule has 0 aliphatic carbocycles. The van der Waals surface area contributed by atoms with E-state index in [0.29, 0.717) is 0 Å². The molecule has 1 atom stereocenters. The van der Waals surface area contributed by atoms with Crippen LogP contribution in [0.3, 0.4) is 0 Å². The zero-order chi connectivity index (χ0) is 14.6. The monoisotopic (exact) mass is 274 g/mol. The number of halogens is 3. The van der Waals surface area contributed by atoms with E-state index < -0.39 is 29.5 Å². The third-order valence-electron chi connectivity index (χ3n) is 2.48. The summed E-state index contributed by atoms with van der Waals surface area (Å²) in [4.78, 5) is 22.3. The molecule has 0 radical (unpaired) electrons. The summed E-state index contributed by atoms with van der Waals surface area (Å²) >= 11 is 0. The van der Waals surface area contributed by atoms with Crippen LogP contribution >= 0.6 is 0 Å². The van der Waals surface area contributed by atoms with E-state index in [9.17, 15) is 22.8 Å². The van der Waals surface area contributed by atoms with Crippen molar-refractivity contribution in [2.45, 2.75) is 19.5 Å². The van der Waals surface area contributed by atoms with Crippen LogP contribution < -0.4 is 11.1 Å². The number of rotatable bonds is 4. The number of hydrogen-bond donors (Lipinski definition) is 2. The van der Waals surface area contributed by atoms with Crippen molar-refractivity contribution in [1.82, 2.24) is 0 Å². The van der Waals surface area contributed by atoms with E-state index in [1.165, 1.54) is 19.1 Å². The van der Waals surface area contributed by atoms with Gasteiger partial charge in [0.1, 0.15) is 0 Å². The van der Waals surface area contributed by atoms with E-state index in [1.807, 2.05) is 0 Å². The molecule has 0 aliphatic heterocycles. The molecule has 0 fully saturated rings. The smallest absolute Gasteiger partial charge is 0.369 e. The Morgan fingerprint density at radius 1 is 1.32 bits per heavy atom. The maximum absolute atomic E-state index is 12.7. The summed E-state index contributed by atoms with van der Waals surface area (Å²) in [7, 11) is 0. The fourth-order valence-corrected chi connectivity index (χ4v) is 1.42. The molecule has 0 saturated heterocycles. The van der Waals surface area contributed by atoms with Crippen LogP contribution in [-0.4, -0.2) is 11.8 Å². The third kappa shape index (κ3) is 4.27. The van der Waals surface area contributed by atoms with Crippen LogP contribution in [0.5, 0.6) is 0 Å². The van der Waals surface area contributed by atoms with Gasteiger partial charge in [0.05, 0.1) is 11.3 Å². The number of carbonyl (C=O) groups excluding carboxylic acids is 2. The maximum Gasteiger partial charge on any atom is 0.418 e. The Hall–Kier alpha value is -2.05. The lowest BCUT2D eigenvalue weighted by Crippen LogP contribution is -2.26. The van der Waals surface area contributed by atoms with Crippen LogP contribution in [0.15, 0.2) is 24.3 Å². The molecule has 1 aromatic carbocycles. The van der Waals surface area contributed by atoms with Gasteiger partial charge in [-0.2, -0.15) is 13.2 Å². The van der Waals surface area contributed by atoms with Crippen LogP contribution in [0, 0.1) is 5.92 Å². The third-order valence-corrected chi connectivity index (χ3v) is 2.48. The number of primary amides is 1. The first-order valence-electron chi connectivity index (χ1n) is 5.47. The van der Waals surface area contributed by atoms with Gasteiger partial charge in [-0.1, -0.05) is 19.1 Å². The van der Waals surface area contributed by atoms with Crippen molar-refractivity contribution in [2.24, 2.45) is 11.7 Å². The number of alkyl halides is 3. The zero-order valence-corrected chi connectivity index (χ0v) is 10.1. The van der Waals surface area contributed by atoms with Crippen LogP contribution in [0.2, 0.25) is 0 Å². The Morgan fingerprint density at radius 3 is 2.42 bits per heavy atom. The van der Waals surface area contributed by atoms with E-state index >= 15 is 0 Å². The fraction of sp³-hybridized carbons (Fsp3) is 0.333. The lowest BCUT2D eigenvalue weighted by Gasteiger charge is -2.14. The van der Waals surface area contributed by atoms with Gasteiger partial charge < -0.3 is 11.1 Å². The van der Waals surface area contributed by atoms with Crippen molar-refractivity contribution in [3.63, 3.8) is 0 Å². The maximum atomic E-state index is 12.7. The molecule has 0 heterocycles. The van der Waals surface area contributed by atoms with Crippen LogP contribution in [0.4, 0.5) is 18.9 Å². The molecule has 19 heavy (non-hydrogen) atoms. The summed E-state index contributed by atoms with van der Waals surface area (Å²) in [5, 5.41) is 2.14. The second kappa shape index (κ2) is 5.73. The highest BCUT2D eigenvalue weighted by atomic mass is 19.4. The second-order valence-electron chi connectivity index (χ2n) is 4.10. The minimum atomic E-state index is -4.56. The minimum absolute atomic E-state index is 0.262. The molecule has 3 N–H and O–H groups in total. The number of benzene rings is 1. The molecular weight excluding hydrogens is 261 g/mol. The van der Waals surface area contributed by atoms with Crippen molar-refractivity contribution < 1.29 is 22.8 Å². The fourth-order valence-electron chi connectivity index (χ4n) is 1.42. The largest absolute Gasteiger partial charge is 0.418 e. The Morgan fingerprint density at radius 2 is 1.89 bits per heavy atom. The standard InChI is InChI=1S/C12H13F3N2O2/c1-7(11(16)19)6-10(18)17-9-5-3-2-4-8(9)12(13,14)15/h2-5,7H,6H2,1H3,(H2,16,19)(H,17,18). The van der Waals surface area contributed by atoms with Crippen LogP contribution in [-0.2, 0) is 15.8 Å². The number of carbonyl (C=O) groups is 2. The lowest BCUT2D eigenvalue weighted by atomic mass is 10.1. The van der Waals surface area contributed by atoms with E-state index in [2.05, 4.69) is 5.32 Å². The molecule has 1 unspecified atom stereocenters. The van der Waals surface area contributed by atoms with Gasteiger partial charge in [-0.05, 0) is 12.1 Å². The number of amides is 2. The number of hydrogen-bond acceptors (Lipinski definition) is 2. The average molecular weight is 274 g/mol. The van der Waals surface area contributed by atoms with Crippen molar-refractivity contribution in [2.75, 3.05) is 5.32 Å². The van der Waals surface area contributed by atoms with Gasteiger partial charge in [0.2, 0.25) is 11.8 Å². The number of nitrogens with two attached hydrogens (primary N) is 1. The highest BCUT2D eigenvalue weighted by molar-refractivity contribution is 5.94. The molecule has 0 bridgehead atoms. The summed E-state index contributed by atoms with van der Waals surface area (Å²) in [5.74, 6) is -2.11. The molecule has 0 spiro atoms. The number of anilines is 1. The average Bonchev–Trinajstić information content (AvgIpc) is 2.27. The highest BCUT2D eigenvalue weighted by Crippen LogP contribution is 2.34. The predicted molar refractivity (Wildman–Crippen MR) is 63.0 cm³/mol. The summed E-state index contributed by atoms with van der Waals surface area (Å²) in [6.07, 6.45) is -4.82. The predicted octanol–water partition coefficient (Wildman–Crippen LogP) is 2.16. The molecule has 0 saturated carbocycles. The Balaban J connectivity index is 2.83. The lowest BCUT2D eigenvalue weighted by molar-refractivity contribution is -0.137. The molecule has 2 amide bonds. The van der Waals surface area contributed by atoms with Gasteiger partial charge >= 0.3 is 6.18 Å². The topological polar surface area (TPSA) is 72.2 Å². The van der Waals surface area contributed by atoms with Gasteiger partial charge in [-0.3, -0.25) is 9.59 Å². The number of nitrogens with one attached hydrogen (secondary N) is 1. The first-order valence-corrected chi connectivity index (χ1v) is 5.47. The summed E-state index contributed by atoms with van der Waals surface area (Å²) in [6.45, 7) is 1.43. The van der Waals surface area contributed by atoms with Gasteiger partial charge in [0, 0.05) is 12.3 Å².